The number of carbonyl (C=O) groups excluding carboxylic acids is 1. The summed E-state index contributed by atoms with van der Waals surface area (Å²) in [5, 5.41) is 17.8. The molecule has 2 fully saturated rings. The largest absolute Gasteiger partial charge is 0.378 e. The fourth-order valence-corrected chi connectivity index (χ4v) is 6.48. The number of piperazine rings is 1. The summed E-state index contributed by atoms with van der Waals surface area (Å²) in [6.45, 7) is 8.81. The molecule has 2 saturated heterocycles. The zero-order valence-corrected chi connectivity index (χ0v) is 22.8. The number of fused-ring (bicyclic) bond motifs is 2. The van der Waals surface area contributed by atoms with E-state index in [-0.39, 0.29) is 12.3 Å². The van der Waals surface area contributed by atoms with Crippen LogP contribution in [0.15, 0.2) is 30.5 Å². The summed E-state index contributed by atoms with van der Waals surface area (Å²) in [7, 11) is 0. The summed E-state index contributed by atoms with van der Waals surface area (Å²) < 4.78 is 8.74. The van der Waals surface area contributed by atoms with E-state index in [1.54, 1.807) is 5.48 Å². The van der Waals surface area contributed by atoms with E-state index < -0.39 is 0 Å². The first-order chi connectivity index (χ1) is 19.2. The lowest BCUT2D eigenvalue weighted by Gasteiger charge is -2.28. The molecule has 0 unspecified atom stereocenters. The Kier molecular flexibility index (Phi) is 7.98. The molecule has 12 heteroatoms. The van der Waals surface area contributed by atoms with Gasteiger partial charge in [-0.15, -0.1) is 11.3 Å². The number of aromatic nitrogens is 4. The van der Waals surface area contributed by atoms with Gasteiger partial charge in [0.1, 0.15) is 0 Å². The highest BCUT2D eigenvalue weighted by Crippen LogP contribution is 2.36. The van der Waals surface area contributed by atoms with Gasteiger partial charge in [-0.3, -0.25) is 19.6 Å². The lowest BCUT2D eigenvalue weighted by molar-refractivity contribution is -0.129. The summed E-state index contributed by atoms with van der Waals surface area (Å²) in [5.41, 5.74) is 4.65. The van der Waals surface area contributed by atoms with Crippen LogP contribution < -0.4 is 15.7 Å². The number of ether oxygens (including phenoxy) is 1. The highest BCUT2D eigenvalue weighted by Gasteiger charge is 2.22. The highest BCUT2D eigenvalue weighted by molar-refractivity contribution is 7.19. The van der Waals surface area contributed by atoms with Gasteiger partial charge in [0.25, 0.3) is 0 Å². The van der Waals surface area contributed by atoms with Gasteiger partial charge in [0, 0.05) is 74.6 Å². The van der Waals surface area contributed by atoms with E-state index in [2.05, 4.69) is 38.4 Å². The third-order valence-corrected chi connectivity index (χ3v) is 8.49. The Balaban J connectivity index is 1.33. The van der Waals surface area contributed by atoms with Gasteiger partial charge in [-0.25, -0.2) is 15.4 Å². The summed E-state index contributed by atoms with van der Waals surface area (Å²) in [5.74, 6) is 1.33. The monoisotopic (exact) mass is 550 g/mol. The number of benzene rings is 1. The van der Waals surface area contributed by atoms with Crippen LogP contribution >= 0.6 is 11.3 Å². The number of amides is 1. The molecular weight excluding hydrogens is 516 g/mol. The van der Waals surface area contributed by atoms with Crippen molar-refractivity contribution < 1.29 is 14.7 Å². The Bertz CT molecular complexity index is 1440. The van der Waals surface area contributed by atoms with Gasteiger partial charge in [-0.05, 0) is 25.0 Å². The maximum atomic E-state index is 11.3. The van der Waals surface area contributed by atoms with Gasteiger partial charge < -0.3 is 15.0 Å². The minimum atomic E-state index is -0.365. The van der Waals surface area contributed by atoms with Crippen molar-refractivity contribution in [3.8, 4) is 11.4 Å². The summed E-state index contributed by atoms with van der Waals surface area (Å²) in [6.07, 6.45) is 3.63. The number of aryl methyl sites for hydroxylation is 1. The fraction of sp³-hybridized carbons (Fsp3) is 0.481. The van der Waals surface area contributed by atoms with Crippen LogP contribution in [0.5, 0.6) is 0 Å². The van der Waals surface area contributed by atoms with E-state index in [0.717, 1.165) is 84.7 Å². The van der Waals surface area contributed by atoms with Gasteiger partial charge >= 0.3 is 0 Å². The molecule has 0 spiro atoms. The molecule has 0 saturated carbocycles. The van der Waals surface area contributed by atoms with Crippen LogP contribution in [-0.2, 0) is 22.6 Å². The van der Waals surface area contributed by atoms with Crippen molar-refractivity contribution in [1.29, 1.82) is 0 Å². The van der Waals surface area contributed by atoms with Gasteiger partial charge in [0.05, 0.1) is 35.1 Å². The van der Waals surface area contributed by atoms with E-state index in [1.807, 2.05) is 28.3 Å². The molecule has 5 heterocycles. The van der Waals surface area contributed by atoms with E-state index in [9.17, 15) is 4.79 Å². The van der Waals surface area contributed by atoms with Crippen LogP contribution in [-0.4, -0.2) is 88.2 Å². The number of morpholine rings is 1. The summed E-state index contributed by atoms with van der Waals surface area (Å²) in [6, 6.07) is 8.39. The van der Waals surface area contributed by atoms with E-state index in [1.165, 1.54) is 4.88 Å². The second-order valence-corrected chi connectivity index (χ2v) is 11.2. The molecule has 0 radical (unpaired) electrons. The molecule has 3 N–H and O–H groups in total. The molecular formula is C27H34N8O3S. The second kappa shape index (κ2) is 11.9. The predicted molar refractivity (Wildman–Crippen MR) is 151 cm³/mol. The summed E-state index contributed by atoms with van der Waals surface area (Å²) >= 11 is 1.81. The molecule has 0 atom stereocenters. The summed E-state index contributed by atoms with van der Waals surface area (Å²) in [4.78, 5) is 27.7. The molecule has 6 rings (SSSR count). The third kappa shape index (κ3) is 5.75. The first kappa shape index (κ1) is 26.1. The first-order valence-electron chi connectivity index (χ1n) is 13.6. The van der Waals surface area contributed by atoms with Crippen molar-refractivity contribution >= 4 is 44.2 Å². The van der Waals surface area contributed by atoms with E-state index >= 15 is 0 Å². The number of thiophene rings is 1. The number of unbranched alkanes of at least 4 members (excludes halogenated alkanes) is 1. The van der Waals surface area contributed by atoms with Gasteiger partial charge in [0.15, 0.2) is 11.6 Å². The number of nitrogens with zero attached hydrogens (tertiary/aromatic N) is 6. The van der Waals surface area contributed by atoms with E-state index in [0.29, 0.717) is 32.0 Å². The number of carbonyl (C=O) groups is 1. The molecule has 0 aliphatic carbocycles. The molecule has 1 aromatic carbocycles. The Labute approximate surface area is 230 Å². The van der Waals surface area contributed by atoms with Gasteiger partial charge in [0.2, 0.25) is 5.91 Å². The number of anilines is 1. The Hall–Kier alpha value is -3.16. The minimum absolute atomic E-state index is 0.288. The molecule has 2 aliphatic heterocycles. The van der Waals surface area contributed by atoms with Crippen molar-refractivity contribution in [3.63, 3.8) is 0 Å². The van der Waals surface area contributed by atoms with Crippen LogP contribution in [0.25, 0.3) is 32.5 Å². The number of hydrogen-bond acceptors (Lipinski definition) is 10. The quantitative estimate of drug-likeness (QED) is 0.164. The van der Waals surface area contributed by atoms with Crippen molar-refractivity contribution in [2.24, 2.45) is 0 Å². The Morgan fingerprint density at radius 3 is 2.79 bits per heavy atom. The molecule has 4 aromatic rings. The number of nitrogens with one attached hydrogen (secondary N) is 2. The lowest BCUT2D eigenvalue weighted by Crippen LogP contribution is -2.42. The number of hydrogen-bond donors (Lipinski definition) is 3. The SMILES string of the molecule is O=C(CCCCn1ncc2c(-c3nc(N4CCOCC4)c4sc(CN5CCNCC5)cc4n3)cccc21)NO. The fourth-order valence-electron chi connectivity index (χ4n) is 5.32. The number of hydroxylamine groups is 1. The topological polar surface area (TPSA) is 121 Å². The molecule has 1 amide bonds. The Morgan fingerprint density at radius 1 is 1.13 bits per heavy atom. The maximum absolute atomic E-state index is 11.3. The standard InChI is InChI=1S/C27H34N8O3S/c36-24(32-37)6-1-2-9-35-23-5-3-4-20(21(23)17-29-35)26-30-22-16-19(18-33-10-7-28-8-11-33)39-25(22)27(31-26)34-12-14-38-15-13-34/h3-5,16-17,28,37H,1-2,6-15,18H2,(H,32,36). The molecule has 3 aromatic heterocycles. The second-order valence-electron chi connectivity index (χ2n) is 10.0. The minimum Gasteiger partial charge on any atom is -0.378 e. The van der Waals surface area contributed by atoms with Gasteiger partial charge in [-0.2, -0.15) is 5.10 Å². The van der Waals surface area contributed by atoms with Crippen molar-refractivity contribution in [3.05, 3.63) is 35.3 Å². The number of rotatable bonds is 9. The van der Waals surface area contributed by atoms with Crippen LogP contribution in [0.4, 0.5) is 5.82 Å². The predicted octanol–water partition coefficient (Wildman–Crippen LogP) is 2.63. The first-order valence-corrected chi connectivity index (χ1v) is 14.5. The zero-order chi connectivity index (χ0) is 26.6. The zero-order valence-electron chi connectivity index (χ0n) is 21.9. The van der Waals surface area contributed by atoms with Crippen LogP contribution in [0.1, 0.15) is 24.1 Å². The van der Waals surface area contributed by atoms with Crippen LogP contribution in [0, 0.1) is 0 Å². The molecule has 39 heavy (non-hydrogen) atoms. The maximum Gasteiger partial charge on any atom is 0.243 e. The highest BCUT2D eigenvalue weighted by atomic mass is 32.1. The van der Waals surface area contributed by atoms with Crippen molar-refractivity contribution in [2.45, 2.75) is 32.4 Å². The van der Waals surface area contributed by atoms with Crippen molar-refractivity contribution in [1.82, 2.24) is 35.4 Å². The molecule has 11 nitrogen and oxygen atoms in total. The van der Waals surface area contributed by atoms with E-state index in [4.69, 9.17) is 19.9 Å². The normalized spacial score (nSPS) is 16.8. The van der Waals surface area contributed by atoms with Gasteiger partial charge in [-0.1, -0.05) is 12.1 Å². The smallest absolute Gasteiger partial charge is 0.243 e. The van der Waals surface area contributed by atoms with Crippen LogP contribution in [0.2, 0.25) is 0 Å². The van der Waals surface area contributed by atoms with Crippen molar-refractivity contribution in [2.75, 3.05) is 57.4 Å². The molecule has 0 bridgehead atoms. The lowest BCUT2D eigenvalue weighted by atomic mass is 10.1. The average molecular weight is 551 g/mol. The molecule has 206 valence electrons. The molecule has 2 aliphatic rings. The van der Waals surface area contributed by atoms with Crippen LogP contribution in [0.3, 0.4) is 0 Å². The third-order valence-electron chi connectivity index (χ3n) is 7.38. The average Bonchev–Trinajstić information content (AvgIpc) is 3.59. The Morgan fingerprint density at radius 2 is 1.97 bits per heavy atom.